The van der Waals surface area contributed by atoms with Crippen molar-refractivity contribution in [1.82, 2.24) is 30.1 Å². The van der Waals surface area contributed by atoms with Gasteiger partial charge in [0.2, 0.25) is 0 Å². The Kier molecular flexibility index (Phi) is 5.21. The van der Waals surface area contributed by atoms with Crippen molar-refractivity contribution in [3.63, 3.8) is 0 Å². The van der Waals surface area contributed by atoms with Crippen molar-refractivity contribution in [3.8, 4) is 0 Å². The standard InChI is InChI=1S/C20H25N7O/c1-14-12-18(26(24-14)13-16-6-4-3-5-7-16)22-20(28)19-15(2)27(25-23-19)17-8-10-21-11-9-17/h3-7,12,17,21H,8-11,13H2,1-2H3,(H,22,28). The molecule has 0 unspecified atom stereocenters. The van der Waals surface area contributed by atoms with Gasteiger partial charge >= 0.3 is 0 Å². The lowest BCUT2D eigenvalue weighted by molar-refractivity contribution is 0.102. The molecule has 4 rings (SSSR count). The van der Waals surface area contributed by atoms with Gasteiger partial charge in [-0.1, -0.05) is 35.5 Å². The number of nitrogens with zero attached hydrogens (tertiary/aromatic N) is 5. The highest BCUT2D eigenvalue weighted by Crippen LogP contribution is 2.21. The molecular formula is C20H25N7O. The van der Waals surface area contributed by atoms with E-state index in [1.807, 2.05) is 54.9 Å². The van der Waals surface area contributed by atoms with Crippen molar-refractivity contribution in [2.75, 3.05) is 18.4 Å². The fourth-order valence-electron chi connectivity index (χ4n) is 3.65. The molecule has 28 heavy (non-hydrogen) atoms. The van der Waals surface area contributed by atoms with Crippen LogP contribution in [0.25, 0.3) is 0 Å². The minimum atomic E-state index is -0.258. The third-order valence-electron chi connectivity index (χ3n) is 5.12. The van der Waals surface area contributed by atoms with Crippen LogP contribution < -0.4 is 10.6 Å². The van der Waals surface area contributed by atoms with Gasteiger partial charge in [-0.05, 0) is 45.3 Å². The minimum Gasteiger partial charge on any atom is -0.317 e. The van der Waals surface area contributed by atoms with Gasteiger partial charge in [-0.3, -0.25) is 4.79 Å². The van der Waals surface area contributed by atoms with Crippen LogP contribution in [0.4, 0.5) is 5.82 Å². The van der Waals surface area contributed by atoms with Crippen molar-refractivity contribution in [3.05, 3.63) is 59.0 Å². The first-order valence-electron chi connectivity index (χ1n) is 9.64. The first-order chi connectivity index (χ1) is 13.6. The van der Waals surface area contributed by atoms with Crippen LogP contribution in [0.5, 0.6) is 0 Å². The molecular weight excluding hydrogens is 354 g/mol. The van der Waals surface area contributed by atoms with Crippen LogP contribution in [0.15, 0.2) is 36.4 Å². The summed E-state index contributed by atoms with van der Waals surface area (Å²) in [5.74, 6) is 0.397. The highest BCUT2D eigenvalue weighted by Gasteiger charge is 2.23. The summed E-state index contributed by atoms with van der Waals surface area (Å²) < 4.78 is 3.69. The number of hydrogen-bond donors (Lipinski definition) is 2. The number of carbonyl (C=O) groups is 1. The molecule has 0 bridgehead atoms. The third kappa shape index (κ3) is 3.82. The number of aromatic nitrogens is 5. The second-order valence-electron chi connectivity index (χ2n) is 7.22. The average molecular weight is 379 g/mol. The largest absolute Gasteiger partial charge is 0.317 e. The van der Waals surface area contributed by atoms with Crippen LogP contribution in [0.3, 0.4) is 0 Å². The van der Waals surface area contributed by atoms with E-state index in [4.69, 9.17) is 0 Å². The third-order valence-corrected chi connectivity index (χ3v) is 5.12. The van der Waals surface area contributed by atoms with Gasteiger partial charge in [-0.25, -0.2) is 9.36 Å². The molecule has 0 saturated carbocycles. The van der Waals surface area contributed by atoms with Crippen LogP contribution in [0.1, 0.15) is 46.3 Å². The summed E-state index contributed by atoms with van der Waals surface area (Å²) >= 11 is 0. The summed E-state index contributed by atoms with van der Waals surface area (Å²) in [7, 11) is 0. The van der Waals surface area contributed by atoms with Gasteiger partial charge in [0.1, 0.15) is 5.82 Å². The van der Waals surface area contributed by atoms with Crippen LogP contribution >= 0.6 is 0 Å². The Hall–Kier alpha value is -3.00. The molecule has 1 amide bonds. The molecule has 8 nitrogen and oxygen atoms in total. The van der Waals surface area contributed by atoms with E-state index in [1.165, 1.54) is 0 Å². The maximum atomic E-state index is 12.9. The second-order valence-corrected chi connectivity index (χ2v) is 7.22. The fourth-order valence-corrected chi connectivity index (χ4v) is 3.65. The predicted octanol–water partition coefficient (Wildman–Crippen LogP) is 2.32. The predicted molar refractivity (Wildman–Crippen MR) is 106 cm³/mol. The van der Waals surface area contributed by atoms with E-state index in [-0.39, 0.29) is 5.91 Å². The molecule has 2 N–H and O–H groups in total. The summed E-state index contributed by atoms with van der Waals surface area (Å²) in [5.41, 5.74) is 3.13. The van der Waals surface area contributed by atoms with Crippen LogP contribution in [-0.2, 0) is 6.54 Å². The van der Waals surface area contributed by atoms with Crippen molar-refractivity contribution in [2.24, 2.45) is 0 Å². The van der Waals surface area contributed by atoms with E-state index in [9.17, 15) is 4.79 Å². The highest BCUT2D eigenvalue weighted by atomic mass is 16.2. The van der Waals surface area contributed by atoms with E-state index in [0.29, 0.717) is 24.1 Å². The fraction of sp³-hybridized carbons (Fsp3) is 0.400. The average Bonchev–Trinajstić information content (AvgIpc) is 3.25. The van der Waals surface area contributed by atoms with E-state index in [1.54, 1.807) is 4.68 Å². The molecule has 1 aromatic carbocycles. The summed E-state index contributed by atoms with van der Waals surface area (Å²) in [6.45, 7) is 6.33. The molecule has 146 valence electrons. The van der Waals surface area contributed by atoms with Crippen LogP contribution in [0.2, 0.25) is 0 Å². The smallest absolute Gasteiger partial charge is 0.279 e. The molecule has 2 aromatic heterocycles. The Morgan fingerprint density at radius 1 is 1.21 bits per heavy atom. The number of nitrogens with one attached hydrogen (secondary N) is 2. The summed E-state index contributed by atoms with van der Waals surface area (Å²) in [4.78, 5) is 12.9. The Morgan fingerprint density at radius 2 is 1.96 bits per heavy atom. The van der Waals surface area contributed by atoms with Gasteiger partial charge in [-0.15, -0.1) is 5.10 Å². The lowest BCUT2D eigenvalue weighted by atomic mass is 10.1. The number of aryl methyl sites for hydroxylation is 1. The van der Waals surface area contributed by atoms with Crippen molar-refractivity contribution < 1.29 is 4.79 Å². The zero-order valence-corrected chi connectivity index (χ0v) is 16.2. The highest BCUT2D eigenvalue weighted by molar-refractivity contribution is 6.03. The molecule has 0 radical (unpaired) electrons. The maximum Gasteiger partial charge on any atom is 0.279 e. The number of amides is 1. The molecule has 0 atom stereocenters. The molecule has 0 spiro atoms. The molecule has 1 aliphatic rings. The normalized spacial score (nSPS) is 14.9. The number of rotatable bonds is 5. The first-order valence-corrected chi connectivity index (χ1v) is 9.64. The number of carbonyl (C=O) groups excluding carboxylic acids is 1. The Labute approximate surface area is 163 Å². The van der Waals surface area contributed by atoms with Crippen molar-refractivity contribution >= 4 is 11.7 Å². The van der Waals surface area contributed by atoms with Gasteiger partial charge in [0, 0.05) is 6.07 Å². The van der Waals surface area contributed by atoms with Crippen molar-refractivity contribution in [1.29, 1.82) is 0 Å². The molecule has 0 aliphatic carbocycles. The van der Waals surface area contributed by atoms with Gasteiger partial charge in [0.05, 0.1) is 24.0 Å². The van der Waals surface area contributed by atoms with E-state index in [0.717, 1.165) is 42.9 Å². The molecule has 3 heterocycles. The van der Waals surface area contributed by atoms with Gasteiger partial charge < -0.3 is 10.6 Å². The van der Waals surface area contributed by atoms with Gasteiger partial charge in [0.25, 0.3) is 5.91 Å². The number of piperidine rings is 1. The van der Waals surface area contributed by atoms with Gasteiger partial charge in [-0.2, -0.15) is 5.10 Å². The van der Waals surface area contributed by atoms with Crippen LogP contribution in [0, 0.1) is 13.8 Å². The molecule has 1 saturated heterocycles. The minimum absolute atomic E-state index is 0.258. The molecule has 1 aliphatic heterocycles. The van der Waals surface area contributed by atoms with Crippen LogP contribution in [-0.4, -0.2) is 43.8 Å². The molecule has 8 heteroatoms. The van der Waals surface area contributed by atoms with Crippen molar-refractivity contribution in [2.45, 2.75) is 39.3 Å². The topological polar surface area (TPSA) is 89.7 Å². The molecule has 1 fully saturated rings. The maximum absolute atomic E-state index is 12.9. The quantitative estimate of drug-likeness (QED) is 0.710. The monoisotopic (exact) mass is 379 g/mol. The second kappa shape index (κ2) is 7.93. The zero-order valence-electron chi connectivity index (χ0n) is 16.2. The zero-order chi connectivity index (χ0) is 19.5. The lowest BCUT2D eigenvalue weighted by Gasteiger charge is -2.23. The summed E-state index contributed by atoms with van der Waals surface area (Å²) in [6.07, 6.45) is 1.99. The van der Waals surface area contributed by atoms with E-state index < -0.39 is 0 Å². The Bertz CT molecular complexity index is 954. The SMILES string of the molecule is Cc1cc(NC(=O)c2nnn(C3CCNCC3)c2C)n(Cc2ccccc2)n1. The van der Waals surface area contributed by atoms with E-state index in [2.05, 4.69) is 26.0 Å². The summed E-state index contributed by atoms with van der Waals surface area (Å²) in [5, 5.41) is 19.2. The van der Waals surface area contributed by atoms with Gasteiger partial charge in [0.15, 0.2) is 5.69 Å². The number of hydrogen-bond acceptors (Lipinski definition) is 5. The first kappa shape index (κ1) is 18.4. The number of benzene rings is 1. The summed E-state index contributed by atoms with van der Waals surface area (Å²) in [6, 6.07) is 12.2. The number of anilines is 1. The van der Waals surface area contributed by atoms with E-state index >= 15 is 0 Å². The Balaban J connectivity index is 1.52. The lowest BCUT2D eigenvalue weighted by Crippen LogP contribution is -2.30. The Morgan fingerprint density at radius 3 is 2.71 bits per heavy atom. The molecule has 3 aromatic rings.